The summed E-state index contributed by atoms with van der Waals surface area (Å²) in [6.45, 7) is 13.1. The number of hydrogen-bond acceptors (Lipinski definition) is 10. The first-order valence-electron chi connectivity index (χ1n) is 15.7. The van der Waals surface area contributed by atoms with Gasteiger partial charge in [0.25, 0.3) is 5.91 Å². The van der Waals surface area contributed by atoms with Crippen molar-refractivity contribution in [1.29, 1.82) is 0 Å². The molecule has 13 nitrogen and oxygen atoms in total. The summed E-state index contributed by atoms with van der Waals surface area (Å²) >= 11 is 0. The summed E-state index contributed by atoms with van der Waals surface area (Å²) in [4.78, 5) is 48.6. The van der Waals surface area contributed by atoms with Crippen LogP contribution < -0.4 is 20.4 Å². The molecule has 0 unspecified atom stereocenters. The number of nitrogens with zero attached hydrogens (tertiary/aromatic N) is 7. The maximum Gasteiger partial charge on any atom is 0.323 e. The van der Waals surface area contributed by atoms with E-state index in [-0.39, 0.29) is 18.0 Å². The number of piperazine rings is 1. The van der Waals surface area contributed by atoms with Crippen LogP contribution >= 0.6 is 0 Å². The minimum absolute atomic E-state index is 0.0173. The standard InChI is InChI=1S/C32H41N9O4/c1-3-38-12-14-39(15-13-38)29(42)25-6-10-27(11-7-25)34-32(43)33-26-8-4-24(5-9-26)28-35-30(40-16-19-44-20-17-40)37-31(36-28)41-18-21-45-22-23(41)2/h4-11,23H,3,12-22H2,1-2H3,(H2,33,34,43)/t23-/m0/s1. The van der Waals surface area contributed by atoms with Crippen molar-refractivity contribution in [3.8, 4) is 11.4 Å². The zero-order valence-corrected chi connectivity index (χ0v) is 25.9. The monoisotopic (exact) mass is 615 g/mol. The second kappa shape index (κ2) is 14.2. The first-order chi connectivity index (χ1) is 22.0. The van der Waals surface area contributed by atoms with Gasteiger partial charge in [-0.25, -0.2) is 4.79 Å². The van der Waals surface area contributed by atoms with Crippen LogP contribution in [0.2, 0.25) is 0 Å². The van der Waals surface area contributed by atoms with Crippen molar-refractivity contribution in [2.24, 2.45) is 0 Å². The molecule has 1 aromatic heterocycles. The molecule has 0 saturated carbocycles. The quantitative estimate of drug-likeness (QED) is 0.409. The molecule has 3 fully saturated rings. The van der Waals surface area contributed by atoms with E-state index in [1.165, 1.54) is 0 Å². The van der Waals surface area contributed by atoms with Crippen molar-refractivity contribution >= 4 is 35.2 Å². The Balaban J connectivity index is 1.10. The van der Waals surface area contributed by atoms with Gasteiger partial charge in [0.2, 0.25) is 11.9 Å². The van der Waals surface area contributed by atoms with Crippen molar-refractivity contribution in [2.75, 3.05) is 99.2 Å². The summed E-state index contributed by atoms with van der Waals surface area (Å²) in [7, 11) is 0. The van der Waals surface area contributed by atoms with E-state index in [9.17, 15) is 9.59 Å². The summed E-state index contributed by atoms with van der Waals surface area (Å²) in [5, 5.41) is 5.71. The summed E-state index contributed by atoms with van der Waals surface area (Å²) in [5.74, 6) is 1.85. The zero-order chi connectivity index (χ0) is 31.2. The van der Waals surface area contributed by atoms with E-state index >= 15 is 0 Å². The van der Waals surface area contributed by atoms with E-state index in [0.29, 0.717) is 67.6 Å². The number of ether oxygens (including phenoxy) is 2. The molecule has 0 spiro atoms. The Kier molecular flexibility index (Phi) is 9.67. The molecule has 4 heterocycles. The van der Waals surface area contributed by atoms with Gasteiger partial charge in [-0.05, 0) is 62.0 Å². The summed E-state index contributed by atoms with van der Waals surface area (Å²) in [5.41, 5.74) is 2.65. The van der Waals surface area contributed by atoms with E-state index in [1.807, 2.05) is 29.2 Å². The van der Waals surface area contributed by atoms with Gasteiger partial charge in [0.1, 0.15) is 0 Å². The lowest BCUT2D eigenvalue weighted by Gasteiger charge is -2.34. The van der Waals surface area contributed by atoms with Crippen molar-refractivity contribution < 1.29 is 19.1 Å². The maximum atomic E-state index is 12.9. The number of nitrogens with one attached hydrogen (secondary N) is 2. The molecule has 6 rings (SSSR count). The molecular formula is C32H41N9O4. The van der Waals surface area contributed by atoms with Gasteiger partial charge in [0.05, 0.1) is 32.5 Å². The van der Waals surface area contributed by atoms with Crippen LogP contribution in [0.1, 0.15) is 24.2 Å². The lowest BCUT2D eigenvalue weighted by atomic mass is 10.1. The highest BCUT2D eigenvalue weighted by Gasteiger charge is 2.25. The minimum Gasteiger partial charge on any atom is -0.378 e. The van der Waals surface area contributed by atoms with Gasteiger partial charge < -0.3 is 39.7 Å². The molecule has 3 aliphatic heterocycles. The van der Waals surface area contributed by atoms with Crippen LogP contribution in [-0.4, -0.2) is 122 Å². The Morgan fingerprint density at radius 2 is 1.40 bits per heavy atom. The second-order valence-corrected chi connectivity index (χ2v) is 11.4. The number of amides is 3. The van der Waals surface area contributed by atoms with Crippen LogP contribution in [0.5, 0.6) is 0 Å². The zero-order valence-electron chi connectivity index (χ0n) is 25.9. The minimum atomic E-state index is -0.379. The van der Waals surface area contributed by atoms with Crippen LogP contribution in [0, 0.1) is 0 Å². The van der Waals surface area contributed by atoms with Crippen LogP contribution in [0.3, 0.4) is 0 Å². The number of aromatic nitrogens is 3. The first kappa shape index (κ1) is 30.7. The van der Waals surface area contributed by atoms with Gasteiger partial charge in [-0.15, -0.1) is 0 Å². The second-order valence-electron chi connectivity index (χ2n) is 11.4. The predicted octanol–water partition coefficient (Wildman–Crippen LogP) is 3.02. The third-order valence-electron chi connectivity index (χ3n) is 8.43. The predicted molar refractivity (Wildman–Crippen MR) is 173 cm³/mol. The van der Waals surface area contributed by atoms with E-state index < -0.39 is 0 Å². The van der Waals surface area contributed by atoms with Crippen LogP contribution in [0.25, 0.3) is 11.4 Å². The maximum absolute atomic E-state index is 12.9. The largest absolute Gasteiger partial charge is 0.378 e. The number of likely N-dealkylation sites (N-methyl/N-ethyl adjacent to an activating group) is 1. The highest BCUT2D eigenvalue weighted by atomic mass is 16.5. The Hall–Kier alpha value is -4.33. The third-order valence-corrected chi connectivity index (χ3v) is 8.43. The van der Waals surface area contributed by atoms with E-state index in [2.05, 4.69) is 39.2 Å². The van der Waals surface area contributed by atoms with Gasteiger partial charge >= 0.3 is 6.03 Å². The van der Waals surface area contributed by atoms with Crippen LogP contribution in [0.15, 0.2) is 48.5 Å². The highest BCUT2D eigenvalue weighted by molar-refractivity contribution is 6.00. The van der Waals surface area contributed by atoms with Crippen molar-refractivity contribution in [1.82, 2.24) is 24.8 Å². The Morgan fingerprint density at radius 3 is 2.04 bits per heavy atom. The molecule has 1 atom stereocenters. The van der Waals surface area contributed by atoms with E-state index in [1.54, 1.807) is 24.3 Å². The number of anilines is 4. The van der Waals surface area contributed by atoms with Gasteiger partial charge in [-0.2, -0.15) is 15.0 Å². The van der Waals surface area contributed by atoms with Crippen molar-refractivity contribution in [3.05, 3.63) is 54.1 Å². The molecule has 0 bridgehead atoms. The van der Waals surface area contributed by atoms with E-state index in [4.69, 9.17) is 24.4 Å². The molecule has 238 valence electrons. The molecule has 3 saturated heterocycles. The molecule has 13 heteroatoms. The van der Waals surface area contributed by atoms with Crippen molar-refractivity contribution in [2.45, 2.75) is 19.9 Å². The lowest BCUT2D eigenvalue weighted by Crippen LogP contribution is -2.48. The number of hydrogen-bond donors (Lipinski definition) is 2. The molecule has 0 aliphatic carbocycles. The molecule has 3 aliphatic rings. The molecule has 2 N–H and O–H groups in total. The number of urea groups is 1. The van der Waals surface area contributed by atoms with Gasteiger partial charge in [0.15, 0.2) is 5.82 Å². The number of benzene rings is 2. The lowest BCUT2D eigenvalue weighted by molar-refractivity contribution is 0.0643. The summed E-state index contributed by atoms with van der Waals surface area (Å²) < 4.78 is 11.2. The average molecular weight is 616 g/mol. The normalized spacial score (nSPS) is 19.3. The topological polar surface area (TPSA) is 128 Å². The van der Waals surface area contributed by atoms with Gasteiger partial charge in [-0.1, -0.05) is 6.92 Å². The van der Waals surface area contributed by atoms with Crippen LogP contribution in [0.4, 0.5) is 28.1 Å². The third kappa shape index (κ3) is 7.49. The number of rotatable bonds is 7. The molecule has 45 heavy (non-hydrogen) atoms. The van der Waals surface area contributed by atoms with E-state index in [0.717, 1.165) is 51.4 Å². The molecule has 0 radical (unpaired) electrons. The molecule has 3 aromatic rings. The Morgan fingerprint density at radius 1 is 0.778 bits per heavy atom. The highest BCUT2D eigenvalue weighted by Crippen LogP contribution is 2.25. The van der Waals surface area contributed by atoms with Crippen molar-refractivity contribution in [3.63, 3.8) is 0 Å². The fourth-order valence-electron chi connectivity index (χ4n) is 5.68. The molecular weight excluding hydrogens is 574 g/mol. The Labute approximate surface area is 263 Å². The smallest absolute Gasteiger partial charge is 0.323 e. The molecule has 3 amide bonds. The molecule has 2 aromatic carbocycles. The number of carbonyl (C=O) groups excluding carboxylic acids is 2. The average Bonchev–Trinajstić information content (AvgIpc) is 3.09. The number of morpholine rings is 2. The Bertz CT molecular complexity index is 1460. The first-order valence-corrected chi connectivity index (χ1v) is 15.7. The fraction of sp³-hybridized carbons (Fsp3) is 0.469. The van der Waals surface area contributed by atoms with Gasteiger partial charge in [-0.3, -0.25) is 4.79 Å². The van der Waals surface area contributed by atoms with Gasteiger partial charge in [0, 0.05) is 68.3 Å². The van der Waals surface area contributed by atoms with Crippen LogP contribution in [-0.2, 0) is 9.47 Å². The SMILES string of the molecule is CCN1CCN(C(=O)c2ccc(NC(=O)Nc3ccc(-c4nc(N5CCOCC5)nc(N5CCOC[C@@H]5C)n4)cc3)cc2)CC1. The summed E-state index contributed by atoms with van der Waals surface area (Å²) in [6, 6.07) is 14.2. The summed E-state index contributed by atoms with van der Waals surface area (Å²) in [6.07, 6.45) is 0. The number of carbonyl (C=O) groups is 2. The fourth-order valence-corrected chi connectivity index (χ4v) is 5.68.